The molecule has 0 aliphatic heterocycles. The molecule has 17 heavy (non-hydrogen) atoms. The molecule has 0 amide bonds. The molecule has 0 bridgehead atoms. The Labute approximate surface area is 104 Å². The van der Waals surface area contributed by atoms with E-state index in [9.17, 15) is 8.42 Å². The highest BCUT2D eigenvalue weighted by molar-refractivity contribution is 7.90. The van der Waals surface area contributed by atoms with Crippen molar-refractivity contribution < 1.29 is 8.42 Å². The maximum absolute atomic E-state index is 12.1. The summed E-state index contributed by atoms with van der Waals surface area (Å²) in [6, 6.07) is 0.184. The van der Waals surface area contributed by atoms with Gasteiger partial charge in [0.15, 0.2) is 0 Å². The first-order valence-electron chi connectivity index (χ1n) is 6.83. The van der Waals surface area contributed by atoms with Crippen molar-refractivity contribution in [1.82, 2.24) is 4.72 Å². The average Bonchev–Trinajstić information content (AvgIpc) is 2.74. The highest BCUT2D eigenvalue weighted by atomic mass is 32.2. The van der Waals surface area contributed by atoms with Crippen LogP contribution < -0.4 is 10.5 Å². The van der Waals surface area contributed by atoms with Crippen LogP contribution in [0.1, 0.15) is 51.4 Å². The maximum Gasteiger partial charge on any atom is 0.214 e. The van der Waals surface area contributed by atoms with Gasteiger partial charge in [-0.1, -0.05) is 25.7 Å². The molecule has 5 heteroatoms. The number of sulfonamides is 1. The van der Waals surface area contributed by atoms with Gasteiger partial charge in [-0.05, 0) is 31.6 Å². The van der Waals surface area contributed by atoms with Gasteiger partial charge < -0.3 is 5.73 Å². The van der Waals surface area contributed by atoms with Crippen LogP contribution in [0, 0.1) is 5.92 Å². The first kappa shape index (κ1) is 13.3. The van der Waals surface area contributed by atoms with Crippen LogP contribution in [-0.4, -0.2) is 26.3 Å². The zero-order valence-corrected chi connectivity index (χ0v) is 11.2. The first-order chi connectivity index (χ1) is 8.09. The molecule has 2 atom stereocenters. The predicted octanol–water partition coefficient (Wildman–Crippen LogP) is 1.37. The third-order valence-electron chi connectivity index (χ3n) is 4.26. The molecule has 0 aromatic rings. The number of hydrogen-bond acceptors (Lipinski definition) is 3. The monoisotopic (exact) mass is 260 g/mol. The molecule has 4 nitrogen and oxygen atoms in total. The van der Waals surface area contributed by atoms with E-state index in [1.165, 1.54) is 6.42 Å². The lowest BCUT2D eigenvalue weighted by Crippen LogP contribution is -2.41. The Morgan fingerprint density at radius 2 is 1.71 bits per heavy atom. The quantitative estimate of drug-likeness (QED) is 0.802. The SMILES string of the molecule is NC1CCCC1CNS(=O)(=O)C1CCCCC1. The molecule has 0 aromatic heterocycles. The van der Waals surface area contributed by atoms with E-state index in [-0.39, 0.29) is 11.3 Å². The standard InChI is InChI=1S/C12H24N2O2S/c13-12-8-4-5-10(12)9-14-17(15,16)11-6-2-1-3-7-11/h10-12,14H,1-9,13H2. The molecule has 0 radical (unpaired) electrons. The van der Waals surface area contributed by atoms with Gasteiger partial charge in [0.1, 0.15) is 0 Å². The molecule has 2 aliphatic rings. The van der Waals surface area contributed by atoms with Crippen LogP contribution in [-0.2, 0) is 10.0 Å². The second-order valence-electron chi connectivity index (χ2n) is 5.51. The largest absolute Gasteiger partial charge is 0.327 e. The van der Waals surface area contributed by atoms with Crippen molar-refractivity contribution in [3.05, 3.63) is 0 Å². The summed E-state index contributed by atoms with van der Waals surface area (Å²) in [4.78, 5) is 0. The molecule has 2 unspecified atom stereocenters. The molecule has 2 fully saturated rings. The minimum Gasteiger partial charge on any atom is -0.327 e. The molecule has 100 valence electrons. The zero-order chi connectivity index (χ0) is 12.3. The fourth-order valence-corrected chi connectivity index (χ4v) is 4.67. The second-order valence-corrected chi connectivity index (χ2v) is 7.55. The van der Waals surface area contributed by atoms with Gasteiger partial charge in [-0.15, -0.1) is 0 Å². The minimum absolute atomic E-state index is 0.158. The molecule has 0 spiro atoms. The maximum atomic E-state index is 12.1. The number of nitrogens with two attached hydrogens (primary N) is 1. The van der Waals surface area contributed by atoms with Crippen LogP contribution in [0.4, 0.5) is 0 Å². The van der Waals surface area contributed by atoms with Crippen molar-refractivity contribution in [2.24, 2.45) is 11.7 Å². The highest BCUT2D eigenvalue weighted by Gasteiger charge is 2.30. The molecule has 2 aliphatic carbocycles. The van der Waals surface area contributed by atoms with Crippen LogP contribution in [0.5, 0.6) is 0 Å². The van der Waals surface area contributed by atoms with Crippen molar-refractivity contribution in [2.75, 3.05) is 6.54 Å². The fraction of sp³-hybridized carbons (Fsp3) is 1.00. The summed E-state index contributed by atoms with van der Waals surface area (Å²) < 4.78 is 27.0. The lowest BCUT2D eigenvalue weighted by molar-refractivity contribution is 0.451. The minimum atomic E-state index is -3.10. The summed E-state index contributed by atoms with van der Waals surface area (Å²) >= 11 is 0. The molecular formula is C12H24N2O2S. The Kier molecular flexibility index (Phi) is 4.44. The number of hydrogen-bond donors (Lipinski definition) is 2. The van der Waals surface area contributed by atoms with E-state index in [0.717, 1.165) is 44.9 Å². The average molecular weight is 260 g/mol. The van der Waals surface area contributed by atoms with E-state index in [1.54, 1.807) is 0 Å². The summed E-state index contributed by atoms with van der Waals surface area (Å²) in [6.45, 7) is 0.542. The third kappa shape index (κ3) is 3.42. The van der Waals surface area contributed by atoms with Gasteiger partial charge >= 0.3 is 0 Å². The Hall–Kier alpha value is -0.130. The van der Waals surface area contributed by atoms with E-state index in [4.69, 9.17) is 5.73 Å². The van der Waals surface area contributed by atoms with Crippen LogP contribution in [0.15, 0.2) is 0 Å². The lowest BCUT2D eigenvalue weighted by atomic mass is 10.0. The smallest absolute Gasteiger partial charge is 0.214 e. The van der Waals surface area contributed by atoms with Gasteiger partial charge in [0.25, 0.3) is 0 Å². The van der Waals surface area contributed by atoms with E-state index in [1.807, 2.05) is 0 Å². The van der Waals surface area contributed by atoms with Crippen molar-refractivity contribution in [2.45, 2.75) is 62.7 Å². The number of rotatable bonds is 4. The predicted molar refractivity (Wildman–Crippen MR) is 69.1 cm³/mol. The Morgan fingerprint density at radius 3 is 2.29 bits per heavy atom. The second kappa shape index (κ2) is 5.67. The summed E-state index contributed by atoms with van der Waals surface area (Å²) in [5, 5.41) is -0.158. The zero-order valence-electron chi connectivity index (χ0n) is 10.4. The summed E-state index contributed by atoms with van der Waals surface area (Å²) in [5.41, 5.74) is 5.95. The Morgan fingerprint density at radius 1 is 1.00 bits per heavy atom. The van der Waals surface area contributed by atoms with Gasteiger partial charge in [0.2, 0.25) is 10.0 Å². The van der Waals surface area contributed by atoms with Gasteiger partial charge in [-0.2, -0.15) is 0 Å². The van der Waals surface area contributed by atoms with Crippen LogP contribution >= 0.6 is 0 Å². The van der Waals surface area contributed by atoms with E-state index in [2.05, 4.69) is 4.72 Å². The Balaban J connectivity index is 1.84. The summed E-state index contributed by atoms with van der Waals surface area (Å²) in [7, 11) is -3.10. The van der Waals surface area contributed by atoms with Crippen molar-refractivity contribution >= 4 is 10.0 Å². The van der Waals surface area contributed by atoms with E-state index < -0.39 is 10.0 Å². The van der Waals surface area contributed by atoms with Gasteiger partial charge in [-0.3, -0.25) is 0 Å². The molecule has 2 rings (SSSR count). The van der Waals surface area contributed by atoms with E-state index in [0.29, 0.717) is 12.5 Å². The van der Waals surface area contributed by atoms with Gasteiger partial charge in [0, 0.05) is 12.6 Å². The lowest BCUT2D eigenvalue weighted by Gasteiger charge is -2.23. The van der Waals surface area contributed by atoms with E-state index >= 15 is 0 Å². The van der Waals surface area contributed by atoms with Gasteiger partial charge in [0.05, 0.1) is 5.25 Å². The third-order valence-corrected chi connectivity index (χ3v) is 6.17. The van der Waals surface area contributed by atoms with Gasteiger partial charge in [-0.25, -0.2) is 13.1 Å². The van der Waals surface area contributed by atoms with Crippen LogP contribution in [0.3, 0.4) is 0 Å². The summed E-state index contributed by atoms with van der Waals surface area (Å²) in [5.74, 6) is 0.341. The van der Waals surface area contributed by atoms with Crippen molar-refractivity contribution in [3.63, 3.8) is 0 Å². The fourth-order valence-electron chi connectivity index (χ4n) is 3.04. The molecule has 3 N–H and O–H groups in total. The van der Waals surface area contributed by atoms with Crippen molar-refractivity contribution in [3.8, 4) is 0 Å². The first-order valence-corrected chi connectivity index (χ1v) is 8.38. The molecule has 2 saturated carbocycles. The number of nitrogens with one attached hydrogen (secondary N) is 1. The molecule has 0 aromatic carbocycles. The van der Waals surface area contributed by atoms with Crippen molar-refractivity contribution in [1.29, 1.82) is 0 Å². The summed E-state index contributed by atoms with van der Waals surface area (Å²) in [6.07, 6.45) is 8.17. The molecular weight excluding hydrogens is 236 g/mol. The normalized spacial score (nSPS) is 31.8. The Bertz CT molecular complexity index is 336. The molecule has 0 heterocycles. The topological polar surface area (TPSA) is 72.2 Å². The van der Waals surface area contributed by atoms with Crippen LogP contribution in [0.2, 0.25) is 0 Å². The highest BCUT2D eigenvalue weighted by Crippen LogP contribution is 2.25. The molecule has 0 saturated heterocycles. The van der Waals surface area contributed by atoms with Crippen LogP contribution in [0.25, 0.3) is 0 Å².